The van der Waals surface area contributed by atoms with E-state index in [0.717, 1.165) is 43.6 Å². The quantitative estimate of drug-likeness (QED) is 0.552. The van der Waals surface area contributed by atoms with Gasteiger partial charge in [-0.15, -0.1) is 5.10 Å². The van der Waals surface area contributed by atoms with E-state index in [2.05, 4.69) is 34.7 Å². The first-order chi connectivity index (χ1) is 9.75. The van der Waals surface area contributed by atoms with E-state index in [1.165, 1.54) is 12.8 Å². The lowest BCUT2D eigenvalue weighted by Crippen LogP contribution is -2.24. The third kappa shape index (κ3) is 5.38. The smallest absolute Gasteiger partial charge is 0.209 e. The van der Waals surface area contributed by atoms with Gasteiger partial charge in [-0.3, -0.25) is 0 Å². The van der Waals surface area contributed by atoms with E-state index in [0.29, 0.717) is 12.0 Å². The van der Waals surface area contributed by atoms with Crippen LogP contribution in [0.1, 0.15) is 33.1 Å². The van der Waals surface area contributed by atoms with Crippen molar-refractivity contribution in [1.29, 1.82) is 0 Å². The van der Waals surface area contributed by atoms with E-state index in [1.54, 1.807) is 11.8 Å². The molecular formula is C13H25N5OS. The van der Waals surface area contributed by atoms with Crippen molar-refractivity contribution in [3.63, 3.8) is 0 Å². The number of tetrazole rings is 1. The molecule has 0 aromatic carbocycles. The van der Waals surface area contributed by atoms with Crippen LogP contribution in [0.5, 0.6) is 0 Å². The second-order valence-electron chi connectivity index (χ2n) is 5.55. The van der Waals surface area contributed by atoms with Gasteiger partial charge in [0.2, 0.25) is 5.16 Å². The summed E-state index contributed by atoms with van der Waals surface area (Å²) in [5.74, 6) is 1.69. The molecule has 6 nitrogen and oxygen atoms in total. The molecule has 1 aromatic heterocycles. The van der Waals surface area contributed by atoms with Crippen LogP contribution in [0.4, 0.5) is 0 Å². The van der Waals surface area contributed by atoms with Crippen LogP contribution in [0.2, 0.25) is 0 Å². The maximum atomic E-state index is 5.62. The van der Waals surface area contributed by atoms with Crippen LogP contribution in [0.3, 0.4) is 0 Å². The predicted octanol–water partition coefficient (Wildman–Crippen LogP) is 1.58. The van der Waals surface area contributed by atoms with E-state index < -0.39 is 0 Å². The average Bonchev–Trinajstić information content (AvgIpc) is 3.06. The molecule has 2 heterocycles. The van der Waals surface area contributed by atoms with Gasteiger partial charge in [0.25, 0.3) is 0 Å². The van der Waals surface area contributed by atoms with Crippen LogP contribution in [0, 0.1) is 5.92 Å². The lowest BCUT2D eigenvalue weighted by molar-refractivity contribution is 0.109. The Hall–Kier alpha value is -0.660. The molecule has 1 unspecified atom stereocenters. The Labute approximate surface area is 125 Å². The SMILES string of the molecule is CC(C)CNCCn1nnnc1SCCC1CCCO1. The van der Waals surface area contributed by atoms with Crippen LogP contribution in [-0.4, -0.2) is 51.8 Å². The van der Waals surface area contributed by atoms with E-state index in [-0.39, 0.29) is 0 Å². The number of rotatable bonds is 9. The summed E-state index contributed by atoms with van der Waals surface area (Å²) in [5.41, 5.74) is 0. The summed E-state index contributed by atoms with van der Waals surface area (Å²) in [5, 5.41) is 16.2. The normalized spacial score (nSPS) is 19.1. The molecule has 0 radical (unpaired) electrons. The number of hydrogen-bond donors (Lipinski definition) is 1. The lowest BCUT2D eigenvalue weighted by Gasteiger charge is -2.09. The first kappa shape index (κ1) is 15.7. The van der Waals surface area contributed by atoms with Crippen molar-refractivity contribution in [2.24, 2.45) is 5.92 Å². The Morgan fingerprint density at radius 1 is 1.50 bits per heavy atom. The van der Waals surface area contributed by atoms with E-state index in [9.17, 15) is 0 Å². The van der Waals surface area contributed by atoms with Gasteiger partial charge in [-0.2, -0.15) is 0 Å². The Bertz CT molecular complexity index is 379. The molecule has 1 aromatic rings. The summed E-state index contributed by atoms with van der Waals surface area (Å²) in [6.45, 7) is 8.09. The molecule has 1 fully saturated rings. The maximum absolute atomic E-state index is 5.62. The topological polar surface area (TPSA) is 64.9 Å². The lowest BCUT2D eigenvalue weighted by atomic mass is 10.2. The summed E-state index contributed by atoms with van der Waals surface area (Å²) in [6, 6.07) is 0. The van der Waals surface area contributed by atoms with Crippen molar-refractivity contribution in [3.05, 3.63) is 0 Å². The zero-order chi connectivity index (χ0) is 14.2. The molecule has 1 atom stereocenters. The molecule has 0 saturated carbocycles. The molecule has 114 valence electrons. The number of thioether (sulfide) groups is 1. The Balaban J connectivity index is 1.65. The van der Waals surface area contributed by atoms with E-state index in [1.807, 2.05) is 4.68 Å². The minimum absolute atomic E-state index is 0.444. The van der Waals surface area contributed by atoms with Crippen molar-refractivity contribution in [3.8, 4) is 0 Å². The van der Waals surface area contributed by atoms with Crippen molar-refractivity contribution >= 4 is 11.8 Å². The van der Waals surface area contributed by atoms with E-state index in [4.69, 9.17) is 4.74 Å². The summed E-state index contributed by atoms with van der Waals surface area (Å²) >= 11 is 1.72. The number of hydrogen-bond acceptors (Lipinski definition) is 6. The van der Waals surface area contributed by atoms with Gasteiger partial charge < -0.3 is 10.1 Å². The van der Waals surface area contributed by atoms with Gasteiger partial charge in [0.1, 0.15) is 0 Å². The van der Waals surface area contributed by atoms with Crippen LogP contribution < -0.4 is 5.32 Å². The highest BCUT2D eigenvalue weighted by Gasteiger charge is 2.15. The second kappa shape index (κ2) is 8.59. The van der Waals surface area contributed by atoms with Crippen LogP contribution >= 0.6 is 11.8 Å². The molecule has 1 aliphatic heterocycles. The molecule has 0 bridgehead atoms. The molecule has 20 heavy (non-hydrogen) atoms. The van der Waals surface area contributed by atoms with E-state index >= 15 is 0 Å². The molecule has 1 N–H and O–H groups in total. The van der Waals surface area contributed by atoms with Gasteiger partial charge >= 0.3 is 0 Å². The molecular weight excluding hydrogens is 274 g/mol. The third-order valence-electron chi connectivity index (χ3n) is 3.25. The van der Waals surface area contributed by atoms with Gasteiger partial charge in [-0.05, 0) is 42.2 Å². The summed E-state index contributed by atoms with van der Waals surface area (Å²) in [4.78, 5) is 0. The highest BCUT2D eigenvalue weighted by atomic mass is 32.2. The Morgan fingerprint density at radius 2 is 2.40 bits per heavy atom. The zero-order valence-corrected chi connectivity index (χ0v) is 13.2. The van der Waals surface area contributed by atoms with Crippen LogP contribution in [-0.2, 0) is 11.3 Å². The van der Waals surface area contributed by atoms with Gasteiger partial charge in [0.05, 0.1) is 12.6 Å². The highest BCUT2D eigenvalue weighted by molar-refractivity contribution is 7.99. The fourth-order valence-corrected chi connectivity index (χ4v) is 3.10. The van der Waals surface area contributed by atoms with Crippen molar-refractivity contribution in [1.82, 2.24) is 25.5 Å². The molecule has 2 rings (SSSR count). The molecule has 1 aliphatic rings. The fraction of sp³-hybridized carbons (Fsp3) is 0.923. The molecule has 0 aliphatic carbocycles. The third-order valence-corrected chi connectivity index (χ3v) is 4.24. The van der Waals surface area contributed by atoms with Gasteiger partial charge in [-0.1, -0.05) is 25.6 Å². The zero-order valence-electron chi connectivity index (χ0n) is 12.4. The minimum atomic E-state index is 0.444. The van der Waals surface area contributed by atoms with Crippen LogP contribution in [0.15, 0.2) is 5.16 Å². The van der Waals surface area contributed by atoms with Gasteiger partial charge in [-0.25, -0.2) is 4.68 Å². The highest BCUT2D eigenvalue weighted by Crippen LogP contribution is 2.20. The fourth-order valence-electron chi connectivity index (χ4n) is 2.17. The minimum Gasteiger partial charge on any atom is -0.378 e. The second-order valence-corrected chi connectivity index (χ2v) is 6.62. The molecule has 0 amide bonds. The summed E-state index contributed by atoms with van der Waals surface area (Å²) in [6.07, 6.45) is 3.93. The summed E-state index contributed by atoms with van der Waals surface area (Å²) < 4.78 is 7.51. The first-order valence-electron chi connectivity index (χ1n) is 7.47. The van der Waals surface area contributed by atoms with Gasteiger partial charge in [0.15, 0.2) is 0 Å². The van der Waals surface area contributed by atoms with Crippen LogP contribution in [0.25, 0.3) is 0 Å². The monoisotopic (exact) mass is 299 g/mol. The first-order valence-corrected chi connectivity index (χ1v) is 8.45. The van der Waals surface area contributed by atoms with Crippen molar-refractivity contribution in [2.45, 2.75) is 50.9 Å². The Kier molecular flexibility index (Phi) is 6.75. The average molecular weight is 299 g/mol. The molecule has 7 heteroatoms. The standard InChI is InChI=1S/C13H25N5OS/c1-11(2)10-14-6-7-18-13(15-16-17-18)20-9-5-12-4-3-8-19-12/h11-12,14H,3-10H2,1-2H3. The number of nitrogens with one attached hydrogen (secondary N) is 1. The molecule has 1 saturated heterocycles. The summed E-state index contributed by atoms with van der Waals surface area (Å²) in [7, 11) is 0. The maximum Gasteiger partial charge on any atom is 0.209 e. The number of aromatic nitrogens is 4. The van der Waals surface area contributed by atoms with Crippen molar-refractivity contribution < 1.29 is 4.74 Å². The van der Waals surface area contributed by atoms with Gasteiger partial charge in [0, 0.05) is 18.9 Å². The largest absolute Gasteiger partial charge is 0.378 e. The Morgan fingerprint density at radius 3 is 3.15 bits per heavy atom. The molecule has 0 spiro atoms. The predicted molar refractivity (Wildman–Crippen MR) is 79.8 cm³/mol. The van der Waals surface area contributed by atoms with Crippen molar-refractivity contribution in [2.75, 3.05) is 25.4 Å². The number of nitrogens with zero attached hydrogens (tertiary/aromatic N) is 4. The number of ether oxygens (including phenoxy) is 1.